The minimum absolute atomic E-state index is 0.0474. The highest BCUT2D eigenvalue weighted by Crippen LogP contribution is 2.28. The number of methoxy groups -OCH3 is 1. The normalized spacial score (nSPS) is 20.4. The Morgan fingerprint density at radius 2 is 1.96 bits per heavy atom. The van der Waals surface area contributed by atoms with E-state index in [9.17, 15) is 21.6 Å². The fourth-order valence-electron chi connectivity index (χ4n) is 1.69. The Morgan fingerprint density at radius 1 is 1.30 bits per heavy atom. The summed E-state index contributed by atoms with van der Waals surface area (Å²) in [6.45, 7) is 0.0180. The third-order valence-corrected chi connectivity index (χ3v) is 3.85. The topological polar surface area (TPSA) is 74.3 Å². The van der Waals surface area contributed by atoms with Gasteiger partial charge < -0.3 is 4.74 Å². The van der Waals surface area contributed by atoms with Gasteiger partial charge in [-0.1, -0.05) is 17.4 Å². The molecule has 0 N–H and O–H groups in total. The SMILES string of the molecule is COc1ccc(CN2OCCC(OS(=O)(=O)C(F)(F)F)O2)cc1. The molecule has 1 heterocycles. The number of alkyl halides is 3. The second-order valence-corrected chi connectivity index (χ2v) is 6.06. The Labute approximate surface area is 130 Å². The smallest absolute Gasteiger partial charge is 0.497 e. The quantitative estimate of drug-likeness (QED) is 0.589. The first kappa shape index (κ1) is 17.9. The molecule has 130 valence electrons. The van der Waals surface area contributed by atoms with Crippen LogP contribution in [0.2, 0.25) is 0 Å². The number of rotatable bonds is 5. The van der Waals surface area contributed by atoms with Crippen molar-refractivity contribution in [1.82, 2.24) is 5.23 Å². The van der Waals surface area contributed by atoms with Crippen LogP contribution in [0.25, 0.3) is 0 Å². The zero-order valence-electron chi connectivity index (χ0n) is 11.9. The molecule has 11 heteroatoms. The van der Waals surface area contributed by atoms with Crippen molar-refractivity contribution in [3.8, 4) is 5.75 Å². The lowest BCUT2D eigenvalue weighted by molar-refractivity contribution is -0.444. The molecule has 1 aromatic carbocycles. The van der Waals surface area contributed by atoms with E-state index in [0.717, 1.165) is 5.23 Å². The van der Waals surface area contributed by atoms with E-state index >= 15 is 0 Å². The number of hydrogen-bond acceptors (Lipinski definition) is 7. The lowest BCUT2D eigenvalue weighted by Crippen LogP contribution is -2.40. The number of hydrogen-bond donors (Lipinski definition) is 0. The number of halogens is 3. The molecular weight excluding hydrogens is 343 g/mol. The first-order chi connectivity index (χ1) is 10.7. The summed E-state index contributed by atoms with van der Waals surface area (Å²) < 4.78 is 67.8. The molecule has 2 rings (SSSR count). The summed E-state index contributed by atoms with van der Waals surface area (Å²) in [4.78, 5) is 10.0. The zero-order valence-corrected chi connectivity index (χ0v) is 12.8. The van der Waals surface area contributed by atoms with Crippen LogP contribution in [0.1, 0.15) is 12.0 Å². The first-order valence-corrected chi connectivity index (χ1v) is 7.82. The average Bonchev–Trinajstić information content (AvgIpc) is 2.47. The lowest BCUT2D eigenvalue weighted by Gasteiger charge is -2.30. The highest BCUT2D eigenvalue weighted by molar-refractivity contribution is 7.87. The first-order valence-electron chi connectivity index (χ1n) is 6.41. The monoisotopic (exact) mass is 357 g/mol. The number of ether oxygens (including phenoxy) is 1. The van der Waals surface area contributed by atoms with Gasteiger partial charge in [-0.15, -0.1) is 0 Å². The van der Waals surface area contributed by atoms with Crippen molar-refractivity contribution in [2.24, 2.45) is 0 Å². The molecule has 1 fully saturated rings. The van der Waals surface area contributed by atoms with Crippen LogP contribution in [-0.2, 0) is 30.5 Å². The summed E-state index contributed by atoms with van der Waals surface area (Å²) in [6.07, 6.45) is -1.76. The van der Waals surface area contributed by atoms with Crippen molar-refractivity contribution in [2.75, 3.05) is 13.7 Å². The molecule has 0 aromatic heterocycles. The van der Waals surface area contributed by atoms with Gasteiger partial charge in [0.25, 0.3) is 0 Å². The van der Waals surface area contributed by atoms with E-state index in [4.69, 9.17) is 14.4 Å². The van der Waals surface area contributed by atoms with Gasteiger partial charge in [-0.05, 0) is 17.7 Å². The summed E-state index contributed by atoms with van der Waals surface area (Å²) >= 11 is 0. The van der Waals surface area contributed by atoms with Gasteiger partial charge in [0.2, 0.25) is 6.29 Å². The van der Waals surface area contributed by atoms with Crippen LogP contribution in [0.15, 0.2) is 24.3 Å². The van der Waals surface area contributed by atoms with Gasteiger partial charge in [0.15, 0.2) is 0 Å². The van der Waals surface area contributed by atoms with E-state index in [1.807, 2.05) is 0 Å². The van der Waals surface area contributed by atoms with Crippen LogP contribution in [0.4, 0.5) is 13.2 Å². The second-order valence-electron chi connectivity index (χ2n) is 4.49. The van der Waals surface area contributed by atoms with Crippen molar-refractivity contribution in [3.05, 3.63) is 29.8 Å². The largest absolute Gasteiger partial charge is 0.523 e. The van der Waals surface area contributed by atoms with Gasteiger partial charge >= 0.3 is 15.6 Å². The lowest BCUT2D eigenvalue weighted by atomic mass is 10.2. The highest BCUT2D eigenvalue weighted by atomic mass is 32.2. The van der Waals surface area contributed by atoms with E-state index in [0.29, 0.717) is 11.3 Å². The van der Waals surface area contributed by atoms with Crippen LogP contribution in [0, 0.1) is 0 Å². The van der Waals surface area contributed by atoms with Crippen molar-refractivity contribution in [1.29, 1.82) is 0 Å². The molecule has 1 atom stereocenters. The summed E-state index contributed by atoms with van der Waals surface area (Å²) in [5.74, 6) is 0.631. The predicted octanol–water partition coefficient (Wildman–Crippen LogP) is 1.96. The zero-order chi connectivity index (χ0) is 17.1. The standard InChI is InChI=1S/C12H14F3NO6S/c1-19-10-4-2-9(3-5-10)8-16-20-7-6-11(21-16)22-23(17,18)12(13,14)15/h2-5,11H,6-8H2,1H3. The van der Waals surface area contributed by atoms with Gasteiger partial charge in [-0.3, -0.25) is 4.84 Å². The maximum absolute atomic E-state index is 12.3. The van der Waals surface area contributed by atoms with E-state index in [-0.39, 0.29) is 19.6 Å². The Balaban J connectivity index is 1.95. The Morgan fingerprint density at radius 3 is 2.52 bits per heavy atom. The minimum atomic E-state index is -5.73. The van der Waals surface area contributed by atoms with E-state index < -0.39 is 21.9 Å². The average molecular weight is 357 g/mol. The molecule has 0 bridgehead atoms. The molecule has 0 radical (unpaired) electrons. The van der Waals surface area contributed by atoms with E-state index in [2.05, 4.69) is 4.18 Å². The fraction of sp³-hybridized carbons (Fsp3) is 0.500. The van der Waals surface area contributed by atoms with Gasteiger partial charge in [0, 0.05) is 6.42 Å². The highest BCUT2D eigenvalue weighted by Gasteiger charge is 2.49. The van der Waals surface area contributed by atoms with Crippen LogP contribution in [-0.4, -0.2) is 39.2 Å². The third-order valence-electron chi connectivity index (χ3n) is 2.81. The van der Waals surface area contributed by atoms with Crippen LogP contribution in [0.5, 0.6) is 5.75 Å². The molecule has 23 heavy (non-hydrogen) atoms. The Bertz CT molecular complexity index is 619. The van der Waals surface area contributed by atoms with Gasteiger partial charge in [-0.2, -0.15) is 21.6 Å². The predicted molar refractivity (Wildman–Crippen MR) is 70.0 cm³/mol. The fourth-order valence-corrected chi connectivity index (χ4v) is 2.21. The van der Waals surface area contributed by atoms with Crippen molar-refractivity contribution < 1.29 is 40.2 Å². The van der Waals surface area contributed by atoms with E-state index in [1.54, 1.807) is 24.3 Å². The molecule has 0 amide bonds. The van der Waals surface area contributed by atoms with Crippen molar-refractivity contribution >= 4 is 10.1 Å². The van der Waals surface area contributed by atoms with Gasteiger partial charge in [0.1, 0.15) is 5.75 Å². The van der Waals surface area contributed by atoms with Crippen LogP contribution < -0.4 is 4.74 Å². The molecule has 7 nitrogen and oxygen atoms in total. The summed E-state index contributed by atoms with van der Waals surface area (Å²) in [7, 11) is -4.22. The molecule has 1 unspecified atom stereocenters. The second kappa shape index (κ2) is 7.01. The molecule has 0 spiro atoms. The minimum Gasteiger partial charge on any atom is -0.497 e. The van der Waals surface area contributed by atoms with Crippen molar-refractivity contribution in [3.63, 3.8) is 0 Å². The number of benzene rings is 1. The Hall–Kier alpha value is -1.40. The maximum Gasteiger partial charge on any atom is 0.523 e. The molecule has 1 aliphatic rings. The summed E-state index contributed by atoms with van der Waals surface area (Å²) in [5.41, 5.74) is -4.79. The van der Waals surface area contributed by atoms with Gasteiger partial charge in [0.05, 0.1) is 20.3 Å². The van der Waals surface area contributed by atoms with Crippen molar-refractivity contribution in [2.45, 2.75) is 24.8 Å². The third kappa shape index (κ3) is 4.78. The molecular formula is C12H14F3NO6S. The number of hydroxylamine groups is 2. The molecule has 0 aliphatic carbocycles. The summed E-state index contributed by atoms with van der Waals surface area (Å²) in [6, 6.07) is 6.76. The Kier molecular flexibility index (Phi) is 5.47. The van der Waals surface area contributed by atoms with Crippen LogP contribution in [0.3, 0.4) is 0 Å². The maximum atomic E-state index is 12.3. The summed E-state index contributed by atoms with van der Waals surface area (Å²) in [5, 5.41) is 0.877. The van der Waals surface area contributed by atoms with Crippen LogP contribution >= 0.6 is 0 Å². The number of nitrogens with zero attached hydrogens (tertiary/aromatic N) is 1. The molecule has 0 saturated carbocycles. The van der Waals surface area contributed by atoms with E-state index in [1.165, 1.54) is 7.11 Å². The molecule has 1 saturated heterocycles. The van der Waals surface area contributed by atoms with Gasteiger partial charge in [-0.25, -0.2) is 9.02 Å². The molecule has 1 aliphatic heterocycles. The molecule has 1 aromatic rings.